The second-order valence-corrected chi connectivity index (χ2v) is 8.45. The highest BCUT2D eigenvalue weighted by molar-refractivity contribution is 6.12. The van der Waals surface area contributed by atoms with Crippen molar-refractivity contribution < 1.29 is 18.9 Å². The number of likely N-dealkylation sites (tertiary alicyclic amines) is 1. The molecule has 0 radical (unpaired) electrons. The van der Waals surface area contributed by atoms with Crippen molar-refractivity contribution in [3.05, 3.63) is 105 Å². The first kappa shape index (κ1) is 21.0. The minimum Gasteiger partial charge on any atom is -0.324 e. The third-order valence-electron chi connectivity index (χ3n) is 6.78. The largest absolute Gasteiger partial charge is 0.324 e. The Kier molecular flexibility index (Phi) is 4.83. The van der Waals surface area contributed by atoms with Gasteiger partial charge < -0.3 is 5.32 Å². The van der Waals surface area contributed by atoms with Crippen molar-refractivity contribution in [3.63, 3.8) is 0 Å². The van der Waals surface area contributed by atoms with E-state index in [-0.39, 0.29) is 17.4 Å². The number of ketones is 1. The third-order valence-corrected chi connectivity index (χ3v) is 6.78. The molecule has 1 amide bonds. The zero-order chi connectivity index (χ0) is 23.3. The molecule has 0 aromatic heterocycles. The number of likely N-dealkylation sites (N-methyl/N-ethyl adjacent to an activating group) is 1. The number of halogens is 1. The molecule has 1 saturated heterocycles. The van der Waals surface area contributed by atoms with Gasteiger partial charge in [-0.25, -0.2) is 4.39 Å². The molecule has 1 N–H and O–H groups in total. The SMILES string of the molecule is CN1C[C@H](c2ccc([N+](=O)[O-])cc2)[C@H](C(=O)c2ccccc2)[C@]12C(=O)Nc1ccc(F)cc12. The summed E-state index contributed by atoms with van der Waals surface area (Å²) < 4.78 is 14.3. The summed E-state index contributed by atoms with van der Waals surface area (Å²) in [7, 11) is 1.75. The van der Waals surface area contributed by atoms with Crippen LogP contribution < -0.4 is 5.32 Å². The summed E-state index contributed by atoms with van der Waals surface area (Å²) in [5.41, 5.74) is 0.587. The fraction of sp³-hybridized carbons (Fsp3) is 0.200. The number of Topliss-reactive ketones (excluding diaryl/α,β-unsaturated/α-hetero) is 1. The van der Waals surface area contributed by atoms with Gasteiger partial charge in [-0.2, -0.15) is 0 Å². The summed E-state index contributed by atoms with van der Waals surface area (Å²) in [4.78, 5) is 39.9. The van der Waals surface area contributed by atoms with Crippen molar-refractivity contribution in [1.82, 2.24) is 4.90 Å². The number of amides is 1. The number of hydrogen-bond acceptors (Lipinski definition) is 5. The van der Waals surface area contributed by atoms with Gasteiger partial charge in [0.25, 0.3) is 5.69 Å². The van der Waals surface area contributed by atoms with Gasteiger partial charge in [0.15, 0.2) is 5.78 Å². The molecule has 3 aromatic carbocycles. The average Bonchev–Trinajstić information content (AvgIpc) is 3.29. The van der Waals surface area contributed by atoms with E-state index in [1.807, 2.05) is 0 Å². The first-order valence-corrected chi connectivity index (χ1v) is 10.5. The molecule has 0 aliphatic carbocycles. The summed E-state index contributed by atoms with van der Waals surface area (Å²) in [5.74, 6) is -2.43. The van der Waals surface area contributed by atoms with Crippen molar-refractivity contribution >= 4 is 23.1 Å². The molecule has 1 spiro atoms. The van der Waals surface area contributed by atoms with Crippen molar-refractivity contribution in [2.24, 2.45) is 5.92 Å². The van der Waals surface area contributed by atoms with Crippen LogP contribution >= 0.6 is 0 Å². The molecule has 3 atom stereocenters. The van der Waals surface area contributed by atoms with Crippen LogP contribution in [0.1, 0.15) is 27.4 Å². The number of nitro groups is 1. The normalized spacial score (nSPS) is 24.0. The third kappa shape index (κ3) is 3.06. The van der Waals surface area contributed by atoms with Gasteiger partial charge in [0.05, 0.1) is 10.8 Å². The van der Waals surface area contributed by atoms with E-state index in [1.165, 1.54) is 30.3 Å². The van der Waals surface area contributed by atoms with Crippen LogP contribution in [0.2, 0.25) is 0 Å². The summed E-state index contributed by atoms with van der Waals surface area (Å²) in [6.45, 7) is 0.338. The number of nitrogens with zero attached hydrogens (tertiary/aromatic N) is 2. The predicted octanol–water partition coefficient (Wildman–Crippen LogP) is 4.11. The lowest BCUT2D eigenvalue weighted by Gasteiger charge is -2.35. The summed E-state index contributed by atoms with van der Waals surface area (Å²) in [5, 5.41) is 13.9. The highest BCUT2D eigenvalue weighted by Gasteiger charge is 2.64. The van der Waals surface area contributed by atoms with Gasteiger partial charge in [-0.3, -0.25) is 24.6 Å². The quantitative estimate of drug-likeness (QED) is 0.371. The van der Waals surface area contributed by atoms with Crippen LogP contribution in [0.4, 0.5) is 15.8 Å². The Morgan fingerprint density at radius 2 is 1.82 bits per heavy atom. The molecular weight excluding hydrogens is 425 g/mol. The number of rotatable bonds is 4. The molecule has 2 heterocycles. The van der Waals surface area contributed by atoms with E-state index in [1.54, 1.807) is 54.4 Å². The van der Waals surface area contributed by atoms with Crippen LogP contribution in [-0.4, -0.2) is 35.1 Å². The number of carbonyl (C=O) groups excluding carboxylic acids is 2. The Labute approximate surface area is 189 Å². The molecular formula is C25H20FN3O4. The maximum absolute atomic E-state index is 14.3. The molecule has 2 aliphatic rings. The zero-order valence-corrected chi connectivity index (χ0v) is 17.7. The Hall–Kier alpha value is -3.91. The number of nitro benzene ring substituents is 1. The van der Waals surface area contributed by atoms with Gasteiger partial charge in [-0.1, -0.05) is 42.5 Å². The Morgan fingerprint density at radius 1 is 1.12 bits per heavy atom. The van der Waals surface area contributed by atoms with Gasteiger partial charge in [0.1, 0.15) is 11.4 Å². The second kappa shape index (κ2) is 7.60. The molecule has 33 heavy (non-hydrogen) atoms. The van der Waals surface area contributed by atoms with Gasteiger partial charge in [0, 0.05) is 41.4 Å². The van der Waals surface area contributed by atoms with Crippen LogP contribution in [0.5, 0.6) is 0 Å². The van der Waals surface area contributed by atoms with E-state index >= 15 is 0 Å². The van der Waals surface area contributed by atoms with E-state index in [2.05, 4.69) is 5.32 Å². The zero-order valence-electron chi connectivity index (χ0n) is 17.7. The van der Waals surface area contributed by atoms with Crippen molar-refractivity contribution in [2.45, 2.75) is 11.5 Å². The highest BCUT2D eigenvalue weighted by Crippen LogP contribution is 2.55. The van der Waals surface area contributed by atoms with E-state index in [0.717, 1.165) is 0 Å². The highest BCUT2D eigenvalue weighted by atomic mass is 19.1. The van der Waals surface area contributed by atoms with Gasteiger partial charge in [0.2, 0.25) is 5.91 Å². The lowest BCUT2D eigenvalue weighted by molar-refractivity contribution is -0.384. The molecule has 0 saturated carbocycles. The van der Waals surface area contributed by atoms with Crippen LogP contribution in [0.25, 0.3) is 0 Å². The van der Waals surface area contributed by atoms with E-state index in [4.69, 9.17) is 0 Å². The lowest BCUT2D eigenvalue weighted by Crippen LogP contribution is -2.51. The molecule has 1 fully saturated rings. The van der Waals surface area contributed by atoms with Crippen LogP contribution in [0.15, 0.2) is 72.8 Å². The number of fused-ring (bicyclic) bond motifs is 2. The standard InChI is InChI=1S/C25H20FN3O4/c1-28-14-19(15-7-10-18(11-8-15)29(32)33)22(23(30)16-5-3-2-4-6-16)25(28)20-13-17(26)9-12-21(20)27-24(25)31/h2-13,19,22H,14H2,1H3,(H,27,31)/t19-,22-,25-/m1/s1. The maximum atomic E-state index is 14.3. The van der Waals surface area contributed by atoms with Gasteiger partial charge in [-0.15, -0.1) is 0 Å². The number of anilines is 1. The Balaban J connectivity index is 1.71. The van der Waals surface area contributed by atoms with Gasteiger partial charge in [-0.05, 0) is 30.8 Å². The summed E-state index contributed by atoms with van der Waals surface area (Å²) in [6, 6.07) is 18.8. The summed E-state index contributed by atoms with van der Waals surface area (Å²) >= 11 is 0. The monoisotopic (exact) mass is 445 g/mol. The van der Waals surface area contributed by atoms with E-state index < -0.39 is 28.1 Å². The average molecular weight is 445 g/mol. The minimum absolute atomic E-state index is 0.0585. The number of non-ortho nitro benzene ring substituents is 1. The fourth-order valence-corrected chi connectivity index (χ4v) is 5.34. The first-order valence-electron chi connectivity index (χ1n) is 10.5. The minimum atomic E-state index is -1.41. The molecule has 166 valence electrons. The number of benzene rings is 3. The van der Waals surface area contributed by atoms with E-state index in [0.29, 0.717) is 28.9 Å². The summed E-state index contributed by atoms with van der Waals surface area (Å²) in [6.07, 6.45) is 0. The lowest BCUT2D eigenvalue weighted by atomic mass is 9.70. The smallest absolute Gasteiger partial charge is 0.269 e. The number of carbonyl (C=O) groups is 2. The fourth-order valence-electron chi connectivity index (χ4n) is 5.34. The Morgan fingerprint density at radius 3 is 2.48 bits per heavy atom. The maximum Gasteiger partial charge on any atom is 0.269 e. The molecule has 5 rings (SSSR count). The number of nitrogens with one attached hydrogen (secondary N) is 1. The first-order chi connectivity index (χ1) is 15.8. The van der Waals surface area contributed by atoms with E-state index in [9.17, 15) is 24.1 Å². The van der Waals surface area contributed by atoms with Gasteiger partial charge >= 0.3 is 0 Å². The molecule has 3 aromatic rings. The van der Waals surface area contributed by atoms with Crippen LogP contribution in [0, 0.1) is 21.8 Å². The molecule has 7 nitrogen and oxygen atoms in total. The Bertz CT molecular complexity index is 1280. The molecule has 0 unspecified atom stereocenters. The van der Waals surface area contributed by atoms with Crippen LogP contribution in [0.3, 0.4) is 0 Å². The number of hydrogen-bond donors (Lipinski definition) is 1. The van der Waals surface area contributed by atoms with Crippen molar-refractivity contribution in [1.29, 1.82) is 0 Å². The second-order valence-electron chi connectivity index (χ2n) is 8.45. The molecule has 8 heteroatoms. The van der Waals surface area contributed by atoms with Crippen molar-refractivity contribution in [2.75, 3.05) is 18.9 Å². The molecule has 0 bridgehead atoms. The van der Waals surface area contributed by atoms with Crippen LogP contribution in [-0.2, 0) is 10.3 Å². The predicted molar refractivity (Wildman–Crippen MR) is 119 cm³/mol. The topological polar surface area (TPSA) is 92.5 Å². The van der Waals surface area contributed by atoms with Crippen molar-refractivity contribution in [3.8, 4) is 0 Å². The molecule has 2 aliphatic heterocycles.